The molecule has 0 bridgehead atoms. The lowest BCUT2D eigenvalue weighted by Gasteiger charge is -2.17. The molecule has 0 radical (unpaired) electrons. The molecular weight excluding hydrogens is 176 g/mol. The summed E-state index contributed by atoms with van der Waals surface area (Å²) < 4.78 is 0. The van der Waals surface area contributed by atoms with Crippen molar-refractivity contribution in [2.24, 2.45) is 5.92 Å². The number of hydrogen-bond donors (Lipinski definition) is 2. The number of hydrogen-bond acceptors (Lipinski definition) is 2. The van der Waals surface area contributed by atoms with Crippen molar-refractivity contribution in [3.8, 4) is 0 Å². The number of carbonyl (C=O) groups is 1. The van der Waals surface area contributed by atoms with Gasteiger partial charge in [0.25, 0.3) is 0 Å². The topological polar surface area (TPSA) is 41.1 Å². The van der Waals surface area contributed by atoms with Crippen molar-refractivity contribution in [1.29, 1.82) is 0 Å². The molecule has 0 saturated carbocycles. The normalized spacial score (nSPS) is 20.8. The molecule has 14 heavy (non-hydrogen) atoms. The SMILES string of the molecule is CNCCC(=O)NCC1CC=CCC1. The Bertz CT molecular complexity index is 201. The lowest BCUT2D eigenvalue weighted by molar-refractivity contribution is -0.121. The molecule has 3 heteroatoms. The summed E-state index contributed by atoms with van der Waals surface area (Å²) in [5.41, 5.74) is 0. The second-order valence-electron chi connectivity index (χ2n) is 3.81. The summed E-state index contributed by atoms with van der Waals surface area (Å²) in [6, 6.07) is 0. The highest BCUT2D eigenvalue weighted by atomic mass is 16.1. The molecule has 0 aromatic carbocycles. The molecule has 0 fully saturated rings. The Morgan fingerprint density at radius 2 is 2.36 bits per heavy atom. The van der Waals surface area contributed by atoms with Gasteiger partial charge in [-0.2, -0.15) is 0 Å². The van der Waals surface area contributed by atoms with E-state index in [2.05, 4.69) is 22.8 Å². The van der Waals surface area contributed by atoms with E-state index in [1.54, 1.807) is 0 Å². The van der Waals surface area contributed by atoms with E-state index >= 15 is 0 Å². The molecule has 0 aliphatic heterocycles. The molecule has 0 aromatic rings. The van der Waals surface area contributed by atoms with Gasteiger partial charge in [-0.1, -0.05) is 12.2 Å². The summed E-state index contributed by atoms with van der Waals surface area (Å²) in [5.74, 6) is 0.812. The Hall–Kier alpha value is -0.830. The van der Waals surface area contributed by atoms with E-state index in [0.29, 0.717) is 12.3 Å². The summed E-state index contributed by atoms with van der Waals surface area (Å²) in [5, 5.41) is 5.94. The Balaban J connectivity index is 2.07. The van der Waals surface area contributed by atoms with Gasteiger partial charge in [0.05, 0.1) is 0 Å². The van der Waals surface area contributed by atoms with Crippen LogP contribution in [0.15, 0.2) is 12.2 Å². The standard InChI is InChI=1S/C11H20N2O/c1-12-8-7-11(14)13-9-10-5-3-2-4-6-10/h2-3,10,12H,4-9H2,1H3,(H,13,14). The molecule has 0 saturated heterocycles. The number of carbonyl (C=O) groups excluding carboxylic acids is 1. The third-order valence-corrected chi connectivity index (χ3v) is 2.57. The van der Waals surface area contributed by atoms with E-state index < -0.39 is 0 Å². The summed E-state index contributed by atoms with van der Waals surface area (Å²) in [6.07, 6.45) is 8.51. The Kier molecular flexibility index (Phi) is 5.30. The number of amides is 1. The van der Waals surface area contributed by atoms with E-state index in [-0.39, 0.29) is 5.91 Å². The van der Waals surface area contributed by atoms with E-state index in [4.69, 9.17) is 0 Å². The smallest absolute Gasteiger partial charge is 0.221 e. The minimum absolute atomic E-state index is 0.161. The molecule has 80 valence electrons. The number of nitrogens with one attached hydrogen (secondary N) is 2. The Morgan fingerprint density at radius 3 is 3.00 bits per heavy atom. The molecule has 0 aromatic heterocycles. The third-order valence-electron chi connectivity index (χ3n) is 2.57. The van der Waals surface area contributed by atoms with Gasteiger partial charge in [0.15, 0.2) is 0 Å². The van der Waals surface area contributed by atoms with E-state index in [9.17, 15) is 4.79 Å². The first-order chi connectivity index (χ1) is 6.83. The van der Waals surface area contributed by atoms with E-state index in [1.165, 1.54) is 6.42 Å². The van der Waals surface area contributed by atoms with Crippen molar-refractivity contribution in [3.05, 3.63) is 12.2 Å². The highest BCUT2D eigenvalue weighted by Gasteiger charge is 2.10. The first-order valence-corrected chi connectivity index (χ1v) is 5.39. The van der Waals surface area contributed by atoms with Gasteiger partial charge in [-0.25, -0.2) is 0 Å². The Morgan fingerprint density at radius 1 is 1.50 bits per heavy atom. The summed E-state index contributed by atoms with van der Waals surface area (Å²) >= 11 is 0. The second kappa shape index (κ2) is 6.60. The molecule has 3 nitrogen and oxygen atoms in total. The monoisotopic (exact) mass is 196 g/mol. The van der Waals surface area contributed by atoms with Crippen molar-refractivity contribution >= 4 is 5.91 Å². The maximum Gasteiger partial charge on any atom is 0.221 e. The van der Waals surface area contributed by atoms with Crippen molar-refractivity contribution in [2.45, 2.75) is 25.7 Å². The maximum atomic E-state index is 11.3. The highest BCUT2D eigenvalue weighted by Crippen LogP contribution is 2.16. The van der Waals surface area contributed by atoms with Gasteiger partial charge >= 0.3 is 0 Å². The Labute approximate surface area is 86.0 Å². The number of allylic oxidation sites excluding steroid dienone is 2. The minimum atomic E-state index is 0.161. The van der Waals surface area contributed by atoms with Gasteiger partial charge in [-0.05, 0) is 32.2 Å². The molecule has 1 aliphatic carbocycles. The van der Waals surface area contributed by atoms with Crippen LogP contribution in [0.1, 0.15) is 25.7 Å². The highest BCUT2D eigenvalue weighted by molar-refractivity contribution is 5.76. The largest absolute Gasteiger partial charge is 0.356 e. The van der Waals surface area contributed by atoms with Gasteiger partial charge in [0.2, 0.25) is 5.91 Å². The molecule has 1 unspecified atom stereocenters. The fraction of sp³-hybridized carbons (Fsp3) is 0.727. The third kappa shape index (κ3) is 4.42. The van der Waals surface area contributed by atoms with Crippen LogP contribution in [0.5, 0.6) is 0 Å². The quantitative estimate of drug-likeness (QED) is 0.646. The molecular formula is C11H20N2O. The zero-order chi connectivity index (χ0) is 10.2. The van der Waals surface area contributed by atoms with Crippen LogP contribution in [0.25, 0.3) is 0 Å². The van der Waals surface area contributed by atoms with Crippen LogP contribution in [0.4, 0.5) is 0 Å². The van der Waals surface area contributed by atoms with Crippen LogP contribution in [0.3, 0.4) is 0 Å². The van der Waals surface area contributed by atoms with Crippen LogP contribution in [0, 0.1) is 5.92 Å². The first kappa shape index (κ1) is 11.2. The predicted octanol–water partition coefficient (Wildman–Crippen LogP) is 1.07. The molecule has 1 amide bonds. The van der Waals surface area contributed by atoms with Crippen LogP contribution in [0.2, 0.25) is 0 Å². The number of rotatable bonds is 5. The maximum absolute atomic E-state index is 11.3. The van der Waals surface area contributed by atoms with E-state index in [0.717, 1.165) is 25.9 Å². The lowest BCUT2D eigenvalue weighted by Crippen LogP contribution is -2.31. The van der Waals surface area contributed by atoms with E-state index in [1.807, 2.05) is 7.05 Å². The molecule has 1 atom stereocenters. The van der Waals surface area contributed by atoms with Crippen LogP contribution in [-0.2, 0) is 4.79 Å². The average molecular weight is 196 g/mol. The molecule has 2 N–H and O–H groups in total. The van der Waals surface area contributed by atoms with Crippen molar-refractivity contribution in [1.82, 2.24) is 10.6 Å². The van der Waals surface area contributed by atoms with Gasteiger partial charge in [-0.15, -0.1) is 0 Å². The zero-order valence-electron chi connectivity index (χ0n) is 8.88. The van der Waals surface area contributed by atoms with Gasteiger partial charge in [-0.3, -0.25) is 4.79 Å². The zero-order valence-corrected chi connectivity index (χ0v) is 8.88. The van der Waals surface area contributed by atoms with Crippen molar-refractivity contribution in [2.75, 3.05) is 20.1 Å². The van der Waals surface area contributed by atoms with Gasteiger partial charge in [0, 0.05) is 19.5 Å². The summed E-state index contributed by atoms with van der Waals surface area (Å²) in [4.78, 5) is 11.3. The molecule has 1 aliphatic rings. The average Bonchev–Trinajstić information content (AvgIpc) is 2.25. The fourth-order valence-electron chi connectivity index (χ4n) is 1.63. The van der Waals surface area contributed by atoms with Gasteiger partial charge < -0.3 is 10.6 Å². The molecule has 1 rings (SSSR count). The van der Waals surface area contributed by atoms with Crippen molar-refractivity contribution < 1.29 is 4.79 Å². The molecule has 0 spiro atoms. The van der Waals surface area contributed by atoms with Crippen LogP contribution < -0.4 is 10.6 Å². The summed E-state index contributed by atoms with van der Waals surface area (Å²) in [6.45, 7) is 1.60. The van der Waals surface area contributed by atoms with Gasteiger partial charge in [0.1, 0.15) is 0 Å². The first-order valence-electron chi connectivity index (χ1n) is 5.39. The lowest BCUT2D eigenvalue weighted by atomic mass is 9.94. The molecule has 0 heterocycles. The fourth-order valence-corrected chi connectivity index (χ4v) is 1.63. The van der Waals surface area contributed by atoms with Crippen LogP contribution >= 0.6 is 0 Å². The second-order valence-corrected chi connectivity index (χ2v) is 3.81. The minimum Gasteiger partial charge on any atom is -0.356 e. The summed E-state index contributed by atoms with van der Waals surface area (Å²) in [7, 11) is 1.86. The predicted molar refractivity (Wildman–Crippen MR) is 58.0 cm³/mol. The van der Waals surface area contributed by atoms with Crippen molar-refractivity contribution in [3.63, 3.8) is 0 Å². The van der Waals surface area contributed by atoms with Crippen LogP contribution in [-0.4, -0.2) is 26.0 Å².